The fourth-order valence-corrected chi connectivity index (χ4v) is 5.72. The minimum Gasteiger partial charge on any atom is -0.294 e. The van der Waals surface area contributed by atoms with E-state index in [4.69, 9.17) is 0 Å². The van der Waals surface area contributed by atoms with Gasteiger partial charge < -0.3 is 0 Å². The van der Waals surface area contributed by atoms with Crippen molar-refractivity contribution in [2.45, 2.75) is 39.5 Å². The number of carbonyl (C=O) groups is 2. The first-order chi connectivity index (χ1) is 12.0. The van der Waals surface area contributed by atoms with Crippen molar-refractivity contribution in [1.82, 2.24) is 0 Å². The zero-order chi connectivity index (χ0) is 17.3. The first-order valence-corrected chi connectivity index (χ1v) is 9.62. The second kappa shape index (κ2) is 5.03. The van der Waals surface area contributed by atoms with E-state index in [2.05, 4.69) is 37.3 Å². The number of ketones is 2. The molecule has 5 atom stereocenters. The summed E-state index contributed by atoms with van der Waals surface area (Å²) < 4.78 is 0. The van der Waals surface area contributed by atoms with Crippen molar-refractivity contribution in [2.24, 2.45) is 29.1 Å². The van der Waals surface area contributed by atoms with Crippen LogP contribution in [-0.2, 0) is 9.59 Å². The summed E-state index contributed by atoms with van der Waals surface area (Å²) in [6, 6.07) is 8.31. The third-order valence-corrected chi connectivity index (χ3v) is 7.20. The van der Waals surface area contributed by atoms with Crippen LogP contribution < -0.4 is 0 Å². The van der Waals surface area contributed by atoms with Gasteiger partial charge in [0.1, 0.15) is 0 Å². The van der Waals surface area contributed by atoms with Crippen LogP contribution in [0, 0.1) is 29.1 Å². The zero-order valence-corrected chi connectivity index (χ0v) is 14.9. The lowest BCUT2D eigenvalue weighted by Gasteiger charge is -2.19. The number of hydrogen-bond acceptors (Lipinski definition) is 2. The van der Waals surface area contributed by atoms with Gasteiger partial charge in [0.05, 0.1) is 0 Å². The third-order valence-electron chi connectivity index (χ3n) is 7.20. The second-order valence-corrected chi connectivity index (χ2v) is 8.70. The highest BCUT2D eigenvalue weighted by atomic mass is 16.1. The van der Waals surface area contributed by atoms with Crippen LogP contribution in [0.25, 0.3) is 12.2 Å². The predicted molar refractivity (Wildman–Crippen MR) is 98.6 cm³/mol. The summed E-state index contributed by atoms with van der Waals surface area (Å²) >= 11 is 0. The molecule has 25 heavy (non-hydrogen) atoms. The highest BCUT2D eigenvalue weighted by Gasteiger charge is 2.71. The van der Waals surface area contributed by atoms with Gasteiger partial charge >= 0.3 is 0 Å². The molecule has 4 saturated carbocycles. The van der Waals surface area contributed by atoms with Crippen molar-refractivity contribution >= 4 is 23.7 Å². The molecule has 4 aliphatic rings. The Hall–Kier alpha value is -1.96. The molecule has 5 unspecified atom stereocenters. The van der Waals surface area contributed by atoms with E-state index in [0.29, 0.717) is 29.3 Å². The van der Waals surface area contributed by atoms with E-state index in [1.807, 2.05) is 13.0 Å². The summed E-state index contributed by atoms with van der Waals surface area (Å²) in [6.45, 7) is 4.16. The fourth-order valence-electron chi connectivity index (χ4n) is 5.72. The van der Waals surface area contributed by atoms with E-state index in [1.54, 1.807) is 0 Å². The lowest BCUT2D eigenvalue weighted by Crippen LogP contribution is -2.19. The maximum absolute atomic E-state index is 12.5. The number of Topliss-reactive ketones (excluding diaryl/α,β-unsaturated/α-hetero) is 2. The van der Waals surface area contributed by atoms with Crippen LogP contribution in [0.5, 0.6) is 0 Å². The number of allylic oxidation sites excluding steroid dienone is 2. The molecule has 2 bridgehead atoms. The van der Waals surface area contributed by atoms with Crippen LogP contribution in [0.15, 0.2) is 35.4 Å². The summed E-state index contributed by atoms with van der Waals surface area (Å²) in [5.41, 5.74) is 4.49. The van der Waals surface area contributed by atoms with Gasteiger partial charge in [0.2, 0.25) is 0 Å². The first-order valence-electron chi connectivity index (χ1n) is 9.62. The molecular weight excluding hydrogens is 308 g/mol. The Bertz CT molecular complexity index is 841. The standard InChI is InChI=1S/C23H24O2/c1-13-9-14(2)21(24)18(13)10-15-3-5-16(6-4-15)11-19-22(25)17-7-8-23(19)12-20(17)23/h3-6,10-11,13-14,17,20H,7-9,12H2,1-2H3. The molecular formula is C23H24O2. The van der Waals surface area contributed by atoms with Crippen molar-refractivity contribution in [3.05, 3.63) is 46.5 Å². The Kier molecular flexibility index (Phi) is 3.08. The average molecular weight is 332 g/mol. The van der Waals surface area contributed by atoms with Crippen LogP contribution in [0.1, 0.15) is 50.7 Å². The van der Waals surface area contributed by atoms with E-state index < -0.39 is 0 Å². The van der Waals surface area contributed by atoms with Gasteiger partial charge in [0, 0.05) is 22.8 Å². The lowest BCUT2D eigenvalue weighted by molar-refractivity contribution is -0.119. The third kappa shape index (κ3) is 2.09. The Balaban J connectivity index is 1.41. The largest absolute Gasteiger partial charge is 0.294 e. The smallest absolute Gasteiger partial charge is 0.162 e. The molecule has 0 aromatic heterocycles. The number of carbonyl (C=O) groups excluding carboxylic acids is 2. The molecule has 1 aromatic rings. The molecule has 0 saturated heterocycles. The van der Waals surface area contributed by atoms with Crippen LogP contribution >= 0.6 is 0 Å². The Labute approximate surface area is 149 Å². The predicted octanol–water partition coefficient (Wildman–Crippen LogP) is 4.70. The van der Waals surface area contributed by atoms with E-state index in [9.17, 15) is 9.59 Å². The minimum absolute atomic E-state index is 0.153. The Morgan fingerprint density at radius 3 is 2.16 bits per heavy atom. The van der Waals surface area contributed by atoms with Gasteiger partial charge in [-0.1, -0.05) is 38.1 Å². The molecule has 2 nitrogen and oxygen atoms in total. The Morgan fingerprint density at radius 1 is 0.960 bits per heavy atom. The van der Waals surface area contributed by atoms with Crippen molar-refractivity contribution in [1.29, 1.82) is 0 Å². The van der Waals surface area contributed by atoms with E-state index in [1.165, 1.54) is 12.8 Å². The molecule has 128 valence electrons. The lowest BCUT2D eigenvalue weighted by atomic mass is 9.83. The molecule has 5 rings (SSSR count). The quantitative estimate of drug-likeness (QED) is 0.736. The van der Waals surface area contributed by atoms with Gasteiger partial charge in [-0.3, -0.25) is 9.59 Å². The molecule has 4 aliphatic carbocycles. The zero-order valence-electron chi connectivity index (χ0n) is 14.9. The van der Waals surface area contributed by atoms with Gasteiger partial charge in [-0.05, 0) is 66.4 Å². The van der Waals surface area contributed by atoms with Gasteiger partial charge in [-0.15, -0.1) is 0 Å². The molecule has 0 amide bonds. The monoisotopic (exact) mass is 332 g/mol. The minimum atomic E-state index is 0.153. The molecule has 4 fully saturated rings. The topological polar surface area (TPSA) is 34.1 Å². The molecule has 0 spiro atoms. The van der Waals surface area contributed by atoms with Gasteiger partial charge in [0.15, 0.2) is 11.6 Å². The highest BCUT2D eigenvalue weighted by Crippen LogP contribution is 2.75. The summed E-state index contributed by atoms with van der Waals surface area (Å²) in [4.78, 5) is 24.7. The van der Waals surface area contributed by atoms with E-state index >= 15 is 0 Å². The van der Waals surface area contributed by atoms with Crippen molar-refractivity contribution < 1.29 is 9.59 Å². The van der Waals surface area contributed by atoms with Gasteiger partial charge in [0.25, 0.3) is 0 Å². The normalized spacial score (nSPS) is 41.8. The first kappa shape index (κ1) is 15.3. The van der Waals surface area contributed by atoms with Gasteiger partial charge in [-0.2, -0.15) is 0 Å². The fraction of sp³-hybridized carbons (Fsp3) is 0.478. The number of benzene rings is 1. The molecule has 0 aliphatic heterocycles. The van der Waals surface area contributed by atoms with E-state index in [-0.39, 0.29) is 11.3 Å². The molecule has 1 aromatic carbocycles. The molecule has 0 radical (unpaired) electrons. The molecule has 0 N–H and O–H groups in total. The SMILES string of the molecule is CC1CC(C)C(=Cc2ccc(C=C3C(=O)C4CCC35CC45)cc2)C1=O. The summed E-state index contributed by atoms with van der Waals surface area (Å²) in [7, 11) is 0. The maximum Gasteiger partial charge on any atom is 0.162 e. The maximum atomic E-state index is 12.5. The van der Waals surface area contributed by atoms with Crippen molar-refractivity contribution in [3.63, 3.8) is 0 Å². The summed E-state index contributed by atoms with van der Waals surface area (Å²) in [5, 5.41) is 0. The number of hydrogen-bond donors (Lipinski definition) is 0. The van der Waals surface area contributed by atoms with Crippen LogP contribution in [0.4, 0.5) is 0 Å². The average Bonchev–Trinajstić information content (AvgIpc) is 3.04. The number of rotatable bonds is 2. The van der Waals surface area contributed by atoms with Crippen molar-refractivity contribution in [2.75, 3.05) is 0 Å². The highest BCUT2D eigenvalue weighted by molar-refractivity contribution is 6.08. The molecule has 0 heterocycles. The van der Waals surface area contributed by atoms with Crippen LogP contribution in [0.3, 0.4) is 0 Å². The van der Waals surface area contributed by atoms with Crippen LogP contribution in [0.2, 0.25) is 0 Å². The Morgan fingerprint density at radius 2 is 1.64 bits per heavy atom. The second-order valence-electron chi connectivity index (χ2n) is 8.70. The van der Waals surface area contributed by atoms with Crippen molar-refractivity contribution in [3.8, 4) is 0 Å². The summed E-state index contributed by atoms with van der Waals surface area (Å²) in [6.07, 6.45) is 8.69. The molecule has 2 heteroatoms. The van der Waals surface area contributed by atoms with Gasteiger partial charge in [-0.25, -0.2) is 0 Å². The van der Waals surface area contributed by atoms with E-state index in [0.717, 1.165) is 35.1 Å². The summed E-state index contributed by atoms with van der Waals surface area (Å²) in [5.74, 6) is 2.19. The van der Waals surface area contributed by atoms with Crippen LogP contribution in [-0.4, -0.2) is 11.6 Å².